The van der Waals surface area contributed by atoms with E-state index in [-0.39, 0.29) is 11.0 Å². The smallest absolute Gasteiger partial charge is 0.0991 e. The van der Waals surface area contributed by atoms with E-state index in [9.17, 15) is 0 Å². The molecule has 0 saturated carbocycles. The fourth-order valence-corrected chi connectivity index (χ4v) is 2.61. The lowest BCUT2D eigenvalue weighted by Gasteiger charge is -2.34. The normalized spacial score (nSPS) is 12.1. The molecule has 2 heteroatoms. The van der Waals surface area contributed by atoms with E-state index in [4.69, 9.17) is 5.26 Å². The first-order valence-electron chi connectivity index (χ1n) is 6.42. The van der Waals surface area contributed by atoms with Crippen molar-refractivity contribution in [3.63, 3.8) is 0 Å². The van der Waals surface area contributed by atoms with Crippen molar-refractivity contribution in [3.8, 4) is 6.07 Å². The number of nitrogens with zero attached hydrogens (tertiary/aromatic N) is 1. The molecule has 98 valence electrons. The van der Waals surface area contributed by atoms with Crippen LogP contribution in [0.25, 0.3) is 0 Å². The molecule has 0 amide bonds. The zero-order valence-electron chi connectivity index (χ0n) is 12.4. The molecule has 1 N–H and O–H groups in total. The number of nitriles is 1. The second-order valence-corrected chi connectivity index (χ2v) is 6.89. The van der Waals surface area contributed by atoms with Crippen LogP contribution in [0.2, 0.25) is 0 Å². The SMILES string of the molecule is Cc1cc(C#N)ccc1NC(C)(C)CC(C)(C)C. The lowest BCUT2D eigenvalue weighted by atomic mass is 9.81. The Kier molecular flexibility index (Phi) is 4.06. The van der Waals surface area contributed by atoms with Crippen molar-refractivity contribution < 1.29 is 0 Å². The van der Waals surface area contributed by atoms with E-state index in [2.05, 4.69) is 46.0 Å². The molecule has 0 aliphatic rings. The van der Waals surface area contributed by atoms with Gasteiger partial charge in [0.1, 0.15) is 0 Å². The number of nitrogens with one attached hydrogen (secondary N) is 1. The van der Waals surface area contributed by atoms with E-state index < -0.39 is 0 Å². The third kappa shape index (κ3) is 4.41. The molecule has 0 spiro atoms. The lowest BCUT2D eigenvalue weighted by molar-refractivity contribution is 0.302. The lowest BCUT2D eigenvalue weighted by Crippen LogP contribution is -2.35. The number of aryl methyl sites for hydroxylation is 1. The minimum atomic E-state index is 0.0389. The molecule has 2 nitrogen and oxygen atoms in total. The number of rotatable bonds is 3. The van der Waals surface area contributed by atoms with E-state index in [1.807, 2.05) is 25.1 Å². The molecular formula is C16H24N2. The predicted molar refractivity (Wildman–Crippen MR) is 77.7 cm³/mol. The Labute approximate surface area is 111 Å². The van der Waals surface area contributed by atoms with E-state index in [1.54, 1.807) is 0 Å². The summed E-state index contributed by atoms with van der Waals surface area (Å²) >= 11 is 0. The van der Waals surface area contributed by atoms with Gasteiger partial charge in [0.25, 0.3) is 0 Å². The number of benzene rings is 1. The Hall–Kier alpha value is -1.49. The Balaban J connectivity index is 2.88. The van der Waals surface area contributed by atoms with Gasteiger partial charge in [0.2, 0.25) is 0 Å². The summed E-state index contributed by atoms with van der Waals surface area (Å²) in [6.07, 6.45) is 1.08. The molecule has 0 aliphatic heterocycles. The maximum absolute atomic E-state index is 8.87. The number of hydrogen-bond donors (Lipinski definition) is 1. The molecule has 0 bridgehead atoms. The van der Waals surface area contributed by atoms with Gasteiger partial charge in [-0.05, 0) is 56.4 Å². The summed E-state index contributed by atoms with van der Waals surface area (Å²) in [5.41, 5.74) is 3.28. The van der Waals surface area contributed by atoms with Crippen molar-refractivity contribution in [1.29, 1.82) is 5.26 Å². The van der Waals surface area contributed by atoms with Crippen molar-refractivity contribution in [3.05, 3.63) is 29.3 Å². The Morgan fingerprint density at radius 1 is 1.17 bits per heavy atom. The molecule has 0 radical (unpaired) electrons. The topological polar surface area (TPSA) is 35.8 Å². The fourth-order valence-electron chi connectivity index (χ4n) is 2.61. The maximum atomic E-state index is 8.87. The molecule has 18 heavy (non-hydrogen) atoms. The molecule has 0 unspecified atom stereocenters. The fraction of sp³-hybridized carbons (Fsp3) is 0.562. The van der Waals surface area contributed by atoms with Gasteiger partial charge in [0.05, 0.1) is 11.6 Å². The summed E-state index contributed by atoms with van der Waals surface area (Å²) in [4.78, 5) is 0. The minimum Gasteiger partial charge on any atom is -0.380 e. The van der Waals surface area contributed by atoms with Crippen molar-refractivity contribution in [2.75, 3.05) is 5.32 Å². The van der Waals surface area contributed by atoms with Gasteiger partial charge in [0.15, 0.2) is 0 Å². The molecular weight excluding hydrogens is 220 g/mol. The zero-order chi connectivity index (χ0) is 14.0. The summed E-state index contributed by atoms with van der Waals surface area (Å²) in [5, 5.41) is 12.5. The van der Waals surface area contributed by atoms with Crippen LogP contribution in [-0.4, -0.2) is 5.54 Å². The van der Waals surface area contributed by atoms with Gasteiger partial charge in [-0.25, -0.2) is 0 Å². The molecule has 0 saturated heterocycles. The summed E-state index contributed by atoms with van der Waals surface area (Å²) < 4.78 is 0. The first-order chi connectivity index (χ1) is 8.13. The van der Waals surface area contributed by atoms with Crippen LogP contribution in [0, 0.1) is 23.7 Å². The largest absolute Gasteiger partial charge is 0.380 e. The van der Waals surface area contributed by atoms with Crippen LogP contribution in [0.3, 0.4) is 0 Å². The van der Waals surface area contributed by atoms with Crippen LogP contribution in [0.1, 0.15) is 52.2 Å². The molecule has 0 heterocycles. The average molecular weight is 244 g/mol. The summed E-state index contributed by atoms with van der Waals surface area (Å²) in [5.74, 6) is 0. The Bertz CT molecular complexity index is 459. The van der Waals surface area contributed by atoms with Crippen LogP contribution in [0.15, 0.2) is 18.2 Å². The average Bonchev–Trinajstić information content (AvgIpc) is 2.17. The standard InChI is InChI=1S/C16H24N2/c1-12-9-13(10-17)7-8-14(12)18-16(5,6)11-15(2,3)4/h7-9,18H,11H2,1-6H3. The monoisotopic (exact) mass is 244 g/mol. The van der Waals surface area contributed by atoms with Gasteiger partial charge in [-0.1, -0.05) is 20.8 Å². The zero-order valence-corrected chi connectivity index (χ0v) is 12.4. The van der Waals surface area contributed by atoms with Gasteiger partial charge in [0, 0.05) is 11.2 Å². The highest BCUT2D eigenvalue weighted by atomic mass is 15.0. The predicted octanol–water partition coefficient (Wildman–Crippen LogP) is 4.49. The first kappa shape index (κ1) is 14.6. The minimum absolute atomic E-state index is 0.0389. The van der Waals surface area contributed by atoms with E-state index in [0.717, 1.165) is 17.7 Å². The van der Waals surface area contributed by atoms with Gasteiger partial charge in [-0.2, -0.15) is 5.26 Å². The van der Waals surface area contributed by atoms with Gasteiger partial charge < -0.3 is 5.32 Å². The molecule has 1 aromatic rings. The van der Waals surface area contributed by atoms with Crippen molar-refractivity contribution in [1.82, 2.24) is 0 Å². The van der Waals surface area contributed by atoms with Crippen LogP contribution in [-0.2, 0) is 0 Å². The first-order valence-corrected chi connectivity index (χ1v) is 6.42. The molecule has 0 atom stereocenters. The third-order valence-electron chi connectivity index (χ3n) is 2.80. The summed E-state index contributed by atoms with van der Waals surface area (Å²) in [6, 6.07) is 7.96. The van der Waals surface area contributed by atoms with Crippen molar-refractivity contribution in [2.45, 2.75) is 53.5 Å². The van der Waals surface area contributed by atoms with E-state index >= 15 is 0 Å². The highest BCUT2D eigenvalue weighted by molar-refractivity contribution is 5.55. The van der Waals surface area contributed by atoms with Crippen LogP contribution in [0.4, 0.5) is 5.69 Å². The van der Waals surface area contributed by atoms with Crippen LogP contribution in [0.5, 0.6) is 0 Å². The Morgan fingerprint density at radius 3 is 2.22 bits per heavy atom. The Morgan fingerprint density at radius 2 is 1.78 bits per heavy atom. The highest BCUT2D eigenvalue weighted by Crippen LogP contribution is 2.30. The number of anilines is 1. The summed E-state index contributed by atoms with van der Waals surface area (Å²) in [7, 11) is 0. The molecule has 0 aliphatic carbocycles. The third-order valence-corrected chi connectivity index (χ3v) is 2.80. The van der Waals surface area contributed by atoms with Crippen molar-refractivity contribution >= 4 is 5.69 Å². The van der Waals surface area contributed by atoms with E-state index in [0.29, 0.717) is 5.56 Å². The quantitative estimate of drug-likeness (QED) is 0.850. The van der Waals surface area contributed by atoms with Gasteiger partial charge >= 0.3 is 0 Å². The maximum Gasteiger partial charge on any atom is 0.0991 e. The highest BCUT2D eigenvalue weighted by Gasteiger charge is 2.25. The molecule has 0 fully saturated rings. The van der Waals surface area contributed by atoms with Crippen molar-refractivity contribution in [2.24, 2.45) is 5.41 Å². The van der Waals surface area contributed by atoms with Gasteiger partial charge in [-0.3, -0.25) is 0 Å². The second-order valence-electron chi connectivity index (χ2n) is 6.89. The molecule has 1 aromatic carbocycles. The van der Waals surface area contributed by atoms with E-state index in [1.165, 1.54) is 0 Å². The second kappa shape index (κ2) is 5.02. The van der Waals surface area contributed by atoms with Crippen LogP contribution < -0.4 is 5.32 Å². The molecule has 0 aromatic heterocycles. The van der Waals surface area contributed by atoms with Gasteiger partial charge in [-0.15, -0.1) is 0 Å². The van der Waals surface area contributed by atoms with Crippen LogP contribution >= 0.6 is 0 Å². The molecule has 1 rings (SSSR count). The summed E-state index contributed by atoms with van der Waals surface area (Å²) in [6.45, 7) is 13.2. The number of hydrogen-bond acceptors (Lipinski definition) is 2.